The monoisotopic (exact) mass is 401 g/mol. The lowest BCUT2D eigenvalue weighted by molar-refractivity contribution is 0.102. The summed E-state index contributed by atoms with van der Waals surface area (Å²) in [5, 5.41) is 6.79. The summed E-state index contributed by atoms with van der Waals surface area (Å²) in [5.74, 6) is 0.110. The molecule has 140 valence electrons. The fourth-order valence-electron chi connectivity index (χ4n) is 3.20. The molecule has 2 atom stereocenters. The number of hydrogen-bond acceptors (Lipinski definition) is 6. The van der Waals surface area contributed by atoms with Crippen molar-refractivity contribution in [3.63, 3.8) is 0 Å². The SMILES string of the molecule is Cc1cccc(NC(=O)c2cccc(NC3=N[C@@H]4CS(=O)(=O)C[C@H]4S3)c2)c1. The Morgan fingerprint density at radius 1 is 1.11 bits per heavy atom. The van der Waals surface area contributed by atoms with E-state index in [2.05, 4.69) is 15.6 Å². The first kappa shape index (κ1) is 18.1. The number of rotatable bonds is 3. The number of aliphatic imine (C=N–C) groups is 1. The summed E-state index contributed by atoms with van der Waals surface area (Å²) in [6.07, 6.45) is 0. The minimum Gasteiger partial charge on any atom is -0.335 e. The third kappa shape index (κ3) is 4.17. The van der Waals surface area contributed by atoms with E-state index in [0.29, 0.717) is 10.7 Å². The maximum absolute atomic E-state index is 12.5. The summed E-state index contributed by atoms with van der Waals surface area (Å²) in [6.45, 7) is 1.97. The number of aryl methyl sites for hydroxylation is 1. The van der Waals surface area contributed by atoms with Gasteiger partial charge in [-0.25, -0.2) is 8.42 Å². The number of amidine groups is 1. The van der Waals surface area contributed by atoms with Gasteiger partial charge in [-0.3, -0.25) is 9.79 Å². The second kappa shape index (κ2) is 7.01. The van der Waals surface area contributed by atoms with Crippen LogP contribution >= 0.6 is 11.8 Å². The zero-order valence-corrected chi connectivity index (χ0v) is 16.3. The van der Waals surface area contributed by atoms with Crippen molar-refractivity contribution in [2.45, 2.75) is 18.2 Å². The number of anilines is 2. The van der Waals surface area contributed by atoms with Gasteiger partial charge in [0.25, 0.3) is 5.91 Å². The number of fused-ring (bicyclic) bond motifs is 1. The van der Waals surface area contributed by atoms with Gasteiger partial charge in [0.05, 0.1) is 17.5 Å². The molecular weight excluding hydrogens is 382 g/mol. The van der Waals surface area contributed by atoms with Crippen LogP contribution in [0.4, 0.5) is 11.4 Å². The second-order valence-electron chi connectivity index (χ2n) is 6.76. The minimum atomic E-state index is -2.96. The van der Waals surface area contributed by atoms with E-state index in [1.807, 2.05) is 37.3 Å². The first-order valence-corrected chi connectivity index (χ1v) is 11.3. The van der Waals surface area contributed by atoms with Crippen LogP contribution in [0.15, 0.2) is 53.5 Å². The van der Waals surface area contributed by atoms with Gasteiger partial charge < -0.3 is 10.6 Å². The third-order valence-electron chi connectivity index (χ3n) is 4.47. The molecule has 4 rings (SSSR count). The topological polar surface area (TPSA) is 87.6 Å². The predicted octanol–water partition coefficient (Wildman–Crippen LogP) is 2.93. The predicted molar refractivity (Wildman–Crippen MR) is 110 cm³/mol. The molecule has 0 spiro atoms. The number of hydrogen-bond donors (Lipinski definition) is 2. The molecule has 0 saturated carbocycles. The minimum absolute atomic E-state index is 0.00898. The van der Waals surface area contributed by atoms with Crippen molar-refractivity contribution < 1.29 is 13.2 Å². The number of amides is 1. The Balaban J connectivity index is 1.45. The second-order valence-corrected chi connectivity index (χ2v) is 10.1. The van der Waals surface area contributed by atoms with Crippen LogP contribution in [0.1, 0.15) is 15.9 Å². The Bertz CT molecular complexity index is 1030. The molecule has 1 fully saturated rings. The van der Waals surface area contributed by atoms with Crippen molar-refractivity contribution in [2.24, 2.45) is 4.99 Å². The zero-order chi connectivity index (χ0) is 19.0. The number of carbonyl (C=O) groups is 1. The van der Waals surface area contributed by atoms with Crippen LogP contribution in [0.3, 0.4) is 0 Å². The van der Waals surface area contributed by atoms with E-state index in [0.717, 1.165) is 16.9 Å². The molecule has 6 nitrogen and oxygen atoms in total. The molecule has 2 aromatic carbocycles. The Hall–Kier alpha value is -2.32. The van der Waals surface area contributed by atoms with E-state index in [9.17, 15) is 13.2 Å². The zero-order valence-electron chi connectivity index (χ0n) is 14.7. The van der Waals surface area contributed by atoms with Crippen molar-refractivity contribution in [3.05, 3.63) is 59.7 Å². The number of nitrogens with one attached hydrogen (secondary N) is 2. The van der Waals surface area contributed by atoms with Gasteiger partial charge in [-0.2, -0.15) is 0 Å². The molecule has 0 radical (unpaired) electrons. The Kier molecular flexibility index (Phi) is 4.69. The summed E-state index contributed by atoms with van der Waals surface area (Å²) in [5.41, 5.74) is 3.11. The van der Waals surface area contributed by atoms with Crippen LogP contribution in [-0.2, 0) is 9.84 Å². The molecule has 2 aliphatic heterocycles. The van der Waals surface area contributed by atoms with Crippen LogP contribution in [0.2, 0.25) is 0 Å². The van der Waals surface area contributed by atoms with Gasteiger partial charge in [0.1, 0.15) is 0 Å². The van der Waals surface area contributed by atoms with E-state index >= 15 is 0 Å². The third-order valence-corrected chi connectivity index (χ3v) is 7.61. The van der Waals surface area contributed by atoms with Crippen molar-refractivity contribution in [1.29, 1.82) is 0 Å². The highest BCUT2D eigenvalue weighted by Gasteiger charge is 2.42. The first-order valence-electron chi connectivity index (χ1n) is 8.58. The molecule has 0 aromatic heterocycles. The summed E-state index contributed by atoms with van der Waals surface area (Å²) in [4.78, 5) is 17.0. The van der Waals surface area contributed by atoms with Gasteiger partial charge >= 0.3 is 0 Å². The average Bonchev–Trinajstić information content (AvgIpc) is 3.07. The van der Waals surface area contributed by atoms with E-state index in [4.69, 9.17) is 0 Å². The fourth-order valence-corrected chi connectivity index (χ4v) is 6.88. The summed E-state index contributed by atoms with van der Waals surface area (Å²) >= 11 is 1.46. The number of carbonyl (C=O) groups excluding carboxylic acids is 1. The Morgan fingerprint density at radius 2 is 1.89 bits per heavy atom. The molecule has 2 N–H and O–H groups in total. The van der Waals surface area contributed by atoms with Gasteiger partial charge in [0.2, 0.25) is 0 Å². The molecule has 0 unspecified atom stereocenters. The van der Waals surface area contributed by atoms with Gasteiger partial charge in [-0.1, -0.05) is 30.0 Å². The van der Waals surface area contributed by atoms with E-state index in [1.54, 1.807) is 18.2 Å². The van der Waals surface area contributed by atoms with Crippen molar-refractivity contribution in [3.8, 4) is 0 Å². The maximum Gasteiger partial charge on any atom is 0.255 e. The molecule has 27 heavy (non-hydrogen) atoms. The first-order chi connectivity index (χ1) is 12.9. The smallest absolute Gasteiger partial charge is 0.255 e. The molecule has 2 heterocycles. The Labute approximate surface area is 162 Å². The highest BCUT2D eigenvalue weighted by atomic mass is 32.2. The molecular formula is C19H19N3O3S2. The van der Waals surface area contributed by atoms with Gasteiger partial charge in [0.15, 0.2) is 15.0 Å². The molecule has 2 aliphatic rings. The molecule has 2 aromatic rings. The van der Waals surface area contributed by atoms with Gasteiger partial charge in [0, 0.05) is 22.2 Å². The maximum atomic E-state index is 12.5. The summed E-state index contributed by atoms with van der Waals surface area (Å²) in [6, 6.07) is 14.6. The van der Waals surface area contributed by atoms with Crippen LogP contribution in [0.25, 0.3) is 0 Å². The van der Waals surface area contributed by atoms with Gasteiger partial charge in [-0.15, -0.1) is 0 Å². The number of nitrogens with zero attached hydrogens (tertiary/aromatic N) is 1. The normalized spacial score (nSPS) is 22.8. The average molecular weight is 402 g/mol. The van der Waals surface area contributed by atoms with Gasteiger partial charge in [-0.05, 0) is 42.8 Å². The molecule has 8 heteroatoms. The summed E-state index contributed by atoms with van der Waals surface area (Å²) in [7, 11) is -2.96. The van der Waals surface area contributed by atoms with Crippen LogP contribution < -0.4 is 10.6 Å². The number of benzene rings is 2. The largest absolute Gasteiger partial charge is 0.335 e. The van der Waals surface area contributed by atoms with Crippen molar-refractivity contribution in [2.75, 3.05) is 22.1 Å². The van der Waals surface area contributed by atoms with E-state index in [1.165, 1.54) is 11.8 Å². The molecule has 0 aliphatic carbocycles. The lowest BCUT2D eigenvalue weighted by Gasteiger charge is -2.10. The molecule has 0 bridgehead atoms. The van der Waals surface area contributed by atoms with Crippen LogP contribution in [-0.4, -0.2) is 42.3 Å². The highest BCUT2D eigenvalue weighted by molar-refractivity contribution is 8.15. The van der Waals surface area contributed by atoms with Crippen molar-refractivity contribution in [1.82, 2.24) is 0 Å². The molecule has 1 amide bonds. The van der Waals surface area contributed by atoms with E-state index in [-0.39, 0.29) is 28.7 Å². The highest BCUT2D eigenvalue weighted by Crippen LogP contribution is 2.34. The Morgan fingerprint density at radius 3 is 2.67 bits per heavy atom. The number of thioether (sulfide) groups is 1. The standard InChI is InChI=1S/C19H19N3O3S2/c1-12-4-2-6-14(8-12)20-18(23)13-5-3-7-15(9-13)21-19-22-16-10-27(24,25)11-17(16)26-19/h2-9,16-17H,10-11H2,1H3,(H,20,23)(H,21,22)/t16-,17-/m1/s1. The molecule has 1 saturated heterocycles. The van der Waals surface area contributed by atoms with Crippen molar-refractivity contribution >= 4 is 44.0 Å². The van der Waals surface area contributed by atoms with Crippen LogP contribution in [0.5, 0.6) is 0 Å². The van der Waals surface area contributed by atoms with E-state index < -0.39 is 9.84 Å². The summed E-state index contributed by atoms with van der Waals surface area (Å²) < 4.78 is 23.3. The quantitative estimate of drug-likeness (QED) is 0.826. The lowest BCUT2D eigenvalue weighted by Crippen LogP contribution is -2.14. The lowest BCUT2D eigenvalue weighted by atomic mass is 10.1. The van der Waals surface area contributed by atoms with Crippen LogP contribution in [0, 0.1) is 6.92 Å². The number of sulfone groups is 1. The fraction of sp³-hybridized carbons (Fsp3) is 0.263.